The van der Waals surface area contributed by atoms with Gasteiger partial charge in [0.25, 0.3) is 0 Å². The van der Waals surface area contributed by atoms with E-state index in [1.807, 2.05) is 0 Å². The van der Waals surface area contributed by atoms with Gasteiger partial charge in [0.15, 0.2) is 0 Å². The van der Waals surface area contributed by atoms with E-state index in [1.165, 1.54) is 99.7 Å². The third-order valence-electron chi connectivity index (χ3n) is 16.1. The Morgan fingerprint density at radius 3 is 1.70 bits per heavy atom. The number of allylic oxidation sites excluding steroid dienone is 2. The molecule has 0 spiro atoms. The van der Waals surface area contributed by atoms with Crippen LogP contribution in [-0.2, 0) is 26.4 Å². The number of hydrogen-bond donors (Lipinski definition) is 0. The minimum atomic E-state index is -4.93. The average molecular weight is 892 g/mol. The number of hydrogen-bond acceptors (Lipinski definition) is 0. The molecule has 4 aromatic carbocycles. The molecule has 0 nitrogen and oxygen atoms in total. The molecule has 0 aromatic heterocycles. The Morgan fingerprint density at radius 1 is 0.702 bits per heavy atom. The van der Waals surface area contributed by atoms with Gasteiger partial charge in [-0.25, -0.2) is 0 Å². The third-order valence-corrected chi connectivity index (χ3v) is 67.8. The van der Waals surface area contributed by atoms with Crippen LogP contribution in [0.5, 0.6) is 0 Å². The summed E-state index contributed by atoms with van der Waals surface area (Å²) in [7, 11) is 17.8. The van der Waals surface area contributed by atoms with E-state index in [2.05, 4.69) is 152 Å². The van der Waals surface area contributed by atoms with Crippen LogP contribution in [0.3, 0.4) is 0 Å². The van der Waals surface area contributed by atoms with Gasteiger partial charge in [-0.2, -0.15) is 0 Å². The predicted molar refractivity (Wildman–Crippen MR) is 249 cm³/mol. The molecule has 4 bridgehead atoms. The van der Waals surface area contributed by atoms with Crippen LogP contribution in [0.25, 0.3) is 34.4 Å². The van der Waals surface area contributed by atoms with Crippen molar-refractivity contribution in [3.05, 3.63) is 129 Å². The molecule has 3 unspecified atom stereocenters. The summed E-state index contributed by atoms with van der Waals surface area (Å²) >= 11 is -4.93. The first-order valence-electron chi connectivity index (χ1n) is 22.6. The van der Waals surface area contributed by atoms with Crippen LogP contribution in [0, 0.1) is 23.7 Å². The van der Waals surface area contributed by atoms with Crippen molar-refractivity contribution in [2.24, 2.45) is 23.7 Å². The van der Waals surface area contributed by atoms with E-state index in [4.69, 9.17) is 17.0 Å². The van der Waals surface area contributed by atoms with E-state index in [9.17, 15) is 0 Å². The van der Waals surface area contributed by atoms with Crippen molar-refractivity contribution in [3.8, 4) is 22.3 Å². The van der Waals surface area contributed by atoms with E-state index in [0.717, 1.165) is 37.0 Å². The standard InChI is InChI=1S/C27H29.C24H29.C2H7Si.2ClH.Zr/c1-2-18-13-23-4-3-5-25(26(23)14-18)22-6-8-24(9-7-22)27-15-19-10-20(16-27)12-21(11-19)17-27;1-6-8-17(2)20-15-19-9-7-10-22(23(19)16-20)18-11-13-21(14-12-18)24(3,4)5;1-3-2;;;/h3-9,13-14,19-21H,2,10-12,15-17H2,1H3;7,9-17H,6,8H2,1-5H3;3H,1-2H3;2*1H;/q;;;;;+2/p-2. The van der Waals surface area contributed by atoms with Crippen LogP contribution in [0.1, 0.15) is 140 Å². The van der Waals surface area contributed by atoms with Gasteiger partial charge < -0.3 is 0 Å². The fourth-order valence-corrected chi connectivity index (χ4v) is 45.0. The molecule has 57 heavy (non-hydrogen) atoms. The first-order chi connectivity index (χ1) is 27.1. The Hall–Kier alpha value is -1.96. The first-order valence-corrected chi connectivity index (χ1v) is 38.9. The summed E-state index contributed by atoms with van der Waals surface area (Å²) in [6.07, 6.45) is 17.1. The van der Waals surface area contributed by atoms with Gasteiger partial charge in [-0.05, 0) is 0 Å². The average Bonchev–Trinajstić information content (AvgIpc) is 3.78. The maximum absolute atomic E-state index is 8.90. The molecule has 4 aromatic rings. The van der Waals surface area contributed by atoms with E-state index >= 15 is 0 Å². The first kappa shape index (κ1) is 40.4. The summed E-state index contributed by atoms with van der Waals surface area (Å²) in [6.45, 7) is 19.0. The summed E-state index contributed by atoms with van der Waals surface area (Å²) in [5.41, 5.74) is 17.2. The van der Waals surface area contributed by atoms with E-state index in [0.29, 0.717) is 11.3 Å². The number of benzene rings is 4. The second-order valence-corrected chi connectivity index (χ2v) is 63.4. The van der Waals surface area contributed by atoms with E-state index < -0.39 is 21.5 Å². The van der Waals surface area contributed by atoms with Crippen LogP contribution in [0.15, 0.2) is 96.1 Å². The van der Waals surface area contributed by atoms with Crippen LogP contribution < -0.4 is 0 Å². The Labute approximate surface area is 353 Å². The normalized spacial score (nSPS) is 27.5. The Kier molecular flexibility index (Phi) is 10.4. The van der Waals surface area contributed by atoms with Crippen molar-refractivity contribution in [1.29, 1.82) is 0 Å². The van der Waals surface area contributed by atoms with Gasteiger partial charge in [0.2, 0.25) is 0 Å². The van der Waals surface area contributed by atoms with E-state index in [-0.39, 0.29) is 12.7 Å². The van der Waals surface area contributed by atoms with Gasteiger partial charge in [-0.3, -0.25) is 0 Å². The number of rotatable bonds is 10. The van der Waals surface area contributed by atoms with Gasteiger partial charge >= 0.3 is 357 Å². The molecule has 4 saturated carbocycles. The predicted octanol–water partition coefficient (Wildman–Crippen LogP) is 16.2. The molecule has 3 atom stereocenters. The summed E-state index contributed by atoms with van der Waals surface area (Å²) in [4.78, 5) is 0. The zero-order chi connectivity index (χ0) is 40.1. The molecule has 0 heterocycles. The number of halogens is 2. The fourth-order valence-electron chi connectivity index (χ4n) is 13.4. The van der Waals surface area contributed by atoms with Gasteiger partial charge in [-0.15, -0.1) is 0 Å². The summed E-state index contributed by atoms with van der Waals surface area (Å²) in [6, 6.07) is 33.3. The Bertz CT molecular complexity index is 2220. The van der Waals surface area contributed by atoms with Crippen LogP contribution in [0.4, 0.5) is 0 Å². The summed E-state index contributed by atoms with van der Waals surface area (Å²) < 4.78 is 0.205. The van der Waals surface area contributed by atoms with Crippen LogP contribution in [0.2, 0.25) is 13.1 Å². The molecule has 0 aliphatic heterocycles. The van der Waals surface area contributed by atoms with Crippen molar-refractivity contribution in [1.82, 2.24) is 0 Å². The van der Waals surface area contributed by atoms with Gasteiger partial charge in [0.05, 0.1) is 0 Å². The van der Waals surface area contributed by atoms with Gasteiger partial charge in [0.1, 0.15) is 0 Å². The van der Waals surface area contributed by atoms with Crippen LogP contribution >= 0.6 is 17.0 Å². The molecule has 4 fully saturated rings. The van der Waals surface area contributed by atoms with Crippen molar-refractivity contribution in [3.63, 3.8) is 0 Å². The molecule has 0 saturated heterocycles. The molecule has 0 N–H and O–H groups in total. The molecular weight excluding hydrogens is 827 g/mol. The molecule has 4 heteroatoms. The summed E-state index contributed by atoms with van der Waals surface area (Å²) in [5.74, 6) is 1.60. The monoisotopic (exact) mass is 889 g/mol. The minimum absolute atomic E-state index is 0.0981. The maximum atomic E-state index is 8.90. The van der Waals surface area contributed by atoms with E-state index in [1.54, 1.807) is 5.56 Å². The van der Waals surface area contributed by atoms with Crippen molar-refractivity contribution in [2.45, 2.75) is 131 Å². The van der Waals surface area contributed by atoms with Crippen molar-refractivity contribution >= 4 is 35.1 Å². The summed E-state index contributed by atoms with van der Waals surface area (Å²) in [5, 5.41) is 0. The molecule has 0 amide bonds. The zero-order valence-corrected chi connectivity index (χ0v) is 41.0. The van der Waals surface area contributed by atoms with Gasteiger partial charge in [0, 0.05) is 0 Å². The molecule has 10 rings (SSSR count). The second-order valence-electron chi connectivity index (χ2n) is 20.9. The molecule has 6 aliphatic rings. The van der Waals surface area contributed by atoms with Crippen molar-refractivity contribution in [2.75, 3.05) is 0 Å². The third kappa shape index (κ3) is 6.50. The fraction of sp³-hybridized carbons (Fsp3) is 0.472. The topological polar surface area (TPSA) is 0 Å². The van der Waals surface area contributed by atoms with Crippen LogP contribution in [-0.4, -0.2) is 5.92 Å². The molecule has 299 valence electrons. The quantitative estimate of drug-likeness (QED) is 0.139. The Morgan fingerprint density at radius 2 is 1.21 bits per heavy atom. The zero-order valence-electron chi connectivity index (χ0n) is 35.9. The molecule has 6 aliphatic carbocycles. The van der Waals surface area contributed by atoms with Gasteiger partial charge in [-0.1, -0.05) is 0 Å². The van der Waals surface area contributed by atoms with Crippen molar-refractivity contribution < 1.29 is 15.6 Å². The molecule has 0 radical (unpaired) electrons. The SMILES string of the molecule is CCCC(C)C1=Cc2c(-c3ccc(C(C)(C)C)cc3)cccc2[CH]1[Zr]([Cl])([Cl])([CH]1C(CC)=Cc2c(-c3ccc(C45CC6CC(CC(C6)C4)C5)cc3)cccc21)[SiH](C)C. The second kappa shape index (κ2) is 14.6. The Balaban J connectivity index is 1.14. The molecular formula is C53H65Cl2SiZr. The number of fused-ring (bicyclic) bond motifs is 2.